The van der Waals surface area contributed by atoms with Gasteiger partial charge in [0.2, 0.25) is 0 Å². The van der Waals surface area contributed by atoms with Crippen LogP contribution >= 0.6 is 0 Å². The van der Waals surface area contributed by atoms with Crippen LogP contribution in [0.15, 0.2) is 18.2 Å². The average molecular weight is 290 g/mol. The van der Waals surface area contributed by atoms with E-state index in [1.807, 2.05) is 18.2 Å². The van der Waals surface area contributed by atoms with Crippen molar-refractivity contribution < 1.29 is 5.11 Å². The largest absolute Gasteiger partial charge is 0.399 e. The number of benzene rings is 1. The standard InChI is InChI=1S/C16H26N4O/c1-12(2)19(3)8-4-5-9-20-15-7-6-13(17)10-14(15)18-16(20)11-21/h6-7,10,12,21H,4-5,8-9,11,17H2,1-3H3. The van der Waals surface area contributed by atoms with Gasteiger partial charge in [-0.25, -0.2) is 4.98 Å². The number of hydrogen-bond donors (Lipinski definition) is 2. The van der Waals surface area contributed by atoms with Gasteiger partial charge in [-0.15, -0.1) is 0 Å². The highest BCUT2D eigenvalue weighted by Gasteiger charge is 2.10. The molecule has 5 heteroatoms. The minimum absolute atomic E-state index is 0.0412. The highest BCUT2D eigenvalue weighted by molar-refractivity contribution is 5.79. The lowest BCUT2D eigenvalue weighted by Crippen LogP contribution is -2.27. The van der Waals surface area contributed by atoms with Gasteiger partial charge in [-0.3, -0.25) is 0 Å². The number of aliphatic hydroxyl groups excluding tert-OH is 1. The minimum atomic E-state index is -0.0412. The summed E-state index contributed by atoms with van der Waals surface area (Å²) in [4.78, 5) is 6.80. The topological polar surface area (TPSA) is 67.3 Å². The first kappa shape index (κ1) is 15.8. The molecule has 0 saturated carbocycles. The summed E-state index contributed by atoms with van der Waals surface area (Å²) < 4.78 is 2.10. The van der Waals surface area contributed by atoms with Gasteiger partial charge in [0.1, 0.15) is 12.4 Å². The molecule has 0 bridgehead atoms. The fraction of sp³-hybridized carbons (Fsp3) is 0.562. The molecule has 0 aliphatic rings. The lowest BCUT2D eigenvalue weighted by atomic mass is 10.2. The van der Waals surface area contributed by atoms with Crippen LogP contribution in [0.25, 0.3) is 11.0 Å². The molecule has 0 spiro atoms. The molecular weight excluding hydrogens is 264 g/mol. The highest BCUT2D eigenvalue weighted by Crippen LogP contribution is 2.20. The number of nitrogens with two attached hydrogens (primary N) is 1. The first-order valence-corrected chi connectivity index (χ1v) is 7.58. The molecule has 116 valence electrons. The second-order valence-corrected chi connectivity index (χ2v) is 5.87. The van der Waals surface area contributed by atoms with Gasteiger partial charge in [0, 0.05) is 18.3 Å². The maximum absolute atomic E-state index is 9.48. The summed E-state index contributed by atoms with van der Waals surface area (Å²) in [5.41, 5.74) is 8.40. The predicted octanol–water partition coefficient (Wildman–Crippen LogP) is 2.23. The van der Waals surface area contributed by atoms with E-state index in [1.165, 1.54) is 0 Å². The van der Waals surface area contributed by atoms with Gasteiger partial charge >= 0.3 is 0 Å². The van der Waals surface area contributed by atoms with Crippen LogP contribution in [0, 0.1) is 0 Å². The Kier molecular flexibility index (Phi) is 5.20. The minimum Gasteiger partial charge on any atom is -0.399 e. The Labute approximate surface area is 126 Å². The number of rotatable bonds is 7. The van der Waals surface area contributed by atoms with Crippen molar-refractivity contribution in [1.29, 1.82) is 0 Å². The van der Waals surface area contributed by atoms with E-state index < -0.39 is 0 Å². The lowest BCUT2D eigenvalue weighted by molar-refractivity contribution is 0.259. The third-order valence-corrected chi connectivity index (χ3v) is 4.02. The van der Waals surface area contributed by atoms with E-state index in [0.29, 0.717) is 17.6 Å². The Morgan fingerprint density at radius 2 is 2.10 bits per heavy atom. The summed E-state index contributed by atoms with van der Waals surface area (Å²) >= 11 is 0. The number of aromatic nitrogens is 2. The number of nitrogens with zero attached hydrogens (tertiary/aromatic N) is 3. The average Bonchev–Trinajstić information content (AvgIpc) is 2.80. The van der Waals surface area contributed by atoms with Crippen LogP contribution in [0.2, 0.25) is 0 Å². The van der Waals surface area contributed by atoms with E-state index >= 15 is 0 Å². The highest BCUT2D eigenvalue weighted by atomic mass is 16.3. The van der Waals surface area contributed by atoms with Gasteiger partial charge in [-0.2, -0.15) is 0 Å². The maximum Gasteiger partial charge on any atom is 0.135 e. The summed E-state index contributed by atoms with van der Waals surface area (Å²) in [6, 6.07) is 6.30. The van der Waals surface area contributed by atoms with Crippen LogP contribution in [0.4, 0.5) is 5.69 Å². The van der Waals surface area contributed by atoms with E-state index in [4.69, 9.17) is 5.73 Å². The molecule has 1 aromatic heterocycles. The van der Waals surface area contributed by atoms with Crippen LogP contribution in [0.3, 0.4) is 0 Å². The van der Waals surface area contributed by atoms with Crippen molar-refractivity contribution in [3.8, 4) is 0 Å². The summed E-state index contributed by atoms with van der Waals surface area (Å²) in [6.07, 6.45) is 2.20. The van der Waals surface area contributed by atoms with Crippen molar-refractivity contribution in [2.75, 3.05) is 19.3 Å². The zero-order chi connectivity index (χ0) is 15.4. The molecular formula is C16H26N4O. The number of aliphatic hydroxyl groups is 1. The first-order valence-electron chi connectivity index (χ1n) is 7.58. The Bertz CT molecular complexity index is 591. The van der Waals surface area contributed by atoms with Gasteiger partial charge in [0.25, 0.3) is 0 Å². The SMILES string of the molecule is CC(C)N(C)CCCCn1c(CO)nc2cc(N)ccc21. The molecule has 0 aliphatic heterocycles. The Morgan fingerprint density at radius 3 is 2.76 bits per heavy atom. The van der Waals surface area contributed by atoms with E-state index in [2.05, 4.69) is 35.3 Å². The Morgan fingerprint density at radius 1 is 1.33 bits per heavy atom. The van der Waals surface area contributed by atoms with Crippen LogP contribution in [-0.4, -0.2) is 39.2 Å². The lowest BCUT2D eigenvalue weighted by Gasteiger charge is -2.20. The van der Waals surface area contributed by atoms with Crippen LogP contribution in [0.1, 0.15) is 32.5 Å². The molecule has 0 unspecified atom stereocenters. The maximum atomic E-state index is 9.48. The van der Waals surface area contributed by atoms with E-state index in [9.17, 15) is 5.11 Å². The van der Waals surface area contributed by atoms with Crippen LogP contribution < -0.4 is 5.73 Å². The fourth-order valence-corrected chi connectivity index (χ4v) is 2.46. The molecule has 0 radical (unpaired) electrons. The van der Waals surface area contributed by atoms with E-state index in [1.54, 1.807) is 0 Å². The van der Waals surface area contributed by atoms with Crippen molar-refractivity contribution in [3.63, 3.8) is 0 Å². The molecule has 3 N–H and O–H groups in total. The quantitative estimate of drug-likeness (QED) is 0.606. The molecule has 0 saturated heterocycles. The summed E-state index contributed by atoms with van der Waals surface area (Å²) in [6.45, 7) is 6.34. The van der Waals surface area contributed by atoms with Gasteiger partial charge < -0.3 is 20.3 Å². The zero-order valence-electron chi connectivity index (χ0n) is 13.2. The normalized spacial score (nSPS) is 11.9. The molecule has 0 atom stereocenters. The predicted molar refractivity (Wildman–Crippen MR) is 87.1 cm³/mol. The van der Waals surface area contributed by atoms with Crippen LogP contribution in [0.5, 0.6) is 0 Å². The van der Waals surface area contributed by atoms with Gasteiger partial charge in [-0.05, 0) is 58.5 Å². The number of imidazole rings is 1. The molecule has 5 nitrogen and oxygen atoms in total. The van der Waals surface area contributed by atoms with Gasteiger partial charge in [-0.1, -0.05) is 0 Å². The number of anilines is 1. The van der Waals surface area contributed by atoms with E-state index in [0.717, 1.165) is 37.0 Å². The molecule has 1 aromatic carbocycles. The first-order chi connectivity index (χ1) is 10.0. The number of unbranched alkanes of at least 4 members (excludes halogenated alkanes) is 1. The molecule has 1 heterocycles. The molecule has 2 rings (SSSR count). The number of nitrogen functional groups attached to an aromatic ring is 1. The van der Waals surface area contributed by atoms with Gasteiger partial charge in [0.15, 0.2) is 0 Å². The second kappa shape index (κ2) is 6.91. The fourth-order valence-electron chi connectivity index (χ4n) is 2.46. The summed E-state index contributed by atoms with van der Waals surface area (Å²) in [5, 5.41) is 9.48. The molecule has 0 fully saturated rings. The molecule has 21 heavy (non-hydrogen) atoms. The van der Waals surface area contributed by atoms with Crippen molar-refractivity contribution >= 4 is 16.7 Å². The Hall–Kier alpha value is -1.59. The monoisotopic (exact) mass is 290 g/mol. The third-order valence-electron chi connectivity index (χ3n) is 4.02. The third kappa shape index (κ3) is 3.74. The molecule has 2 aromatic rings. The van der Waals surface area contributed by atoms with Crippen molar-refractivity contribution in [1.82, 2.24) is 14.5 Å². The Balaban J connectivity index is 2.04. The summed E-state index contributed by atoms with van der Waals surface area (Å²) in [7, 11) is 2.15. The summed E-state index contributed by atoms with van der Waals surface area (Å²) in [5.74, 6) is 0.716. The number of aryl methyl sites for hydroxylation is 1. The zero-order valence-corrected chi connectivity index (χ0v) is 13.2. The van der Waals surface area contributed by atoms with Crippen molar-refractivity contribution in [3.05, 3.63) is 24.0 Å². The molecule has 0 aliphatic carbocycles. The smallest absolute Gasteiger partial charge is 0.135 e. The second-order valence-electron chi connectivity index (χ2n) is 5.87. The van der Waals surface area contributed by atoms with E-state index in [-0.39, 0.29) is 6.61 Å². The number of hydrogen-bond acceptors (Lipinski definition) is 4. The molecule has 0 amide bonds. The number of fused-ring (bicyclic) bond motifs is 1. The van der Waals surface area contributed by atoms with Crippen molar-refractivity contribution in [2.45, 2.75) is 45.9 Å². The van der Waals surface area contributed by atoms with Gasteiger partial charge in [0.05, 0.1) is 11.0 Å². The van der Waals surface area contributed by atoms with Crippen molar-refractivity contribution in [2.24, 2.45) is 0 Å². The van der Waals surface area contributed by atoms with Crippen LogP contribution in [-0.2, 0) is 13.2 Å².